The van der Waals surface area contributed by atoms with Crippen molar-refractivity contribution in [1.82, 2.24) is 14.7 Å². The van der Waals surface area contributed by atoms with Gasteiger partial charge in [-0.3, -0.25) is 9.59 Å². The molecule has 0 aliphatic rings. The van der Waals surface area contributed by atoms with E-state index in [4.69, 9.17) is 16.1 Å². The molecule has 0 spiro atoms. The first-order chi connectivity index (χ1) is 15.3. The summed E-state index contributed by atoms with van der Waals surface area (Å²) >= 11 is 6.02. The first-order valence-electron chi connectivity index (χ1n) is 9.68. The van der Waals surface area contributed by atoms with Crippen LogP contribution in [0.15, 0.2) is 63.9 Å². The van der Waals surface area contributed by atoms with Crippen LogP contribution in [-0.4, -0.2) is 20.6 Å². The van der Waals surface area contributed by atoms with E-state index in [0.717, 1.165) is 0 Å². The van der Waals surface area contributed by atoms with Gasteiger partial charge >= 0.3 is 0 Å². The number of nitrogens with one attached hydrogen (secondary N) is 1. The van der Waals surface area contributed by atoms with E-state index in [0.29, 0.717) is 27.5 Å². The second-order valence-electron chi connectivity index (χ2n) is 7.23. The molecule has 0 aliphatic carbocycles. The highest BCUT2D eigenvalue weighted by atomic mass is 35.5. The standard InChI is InChI=1S/C23H18ClFN4O3/c1-13-9-14(2)29(12-19(30)26-18-8-4-7-17(25)11-18)23(31)20(13)22-27-21(28-32-22)15-5-3-6-16(24)10-15/h3-11H,12H2,1-2H3,(H,26,30). The number of aryl methyl sites for hydroxylation is 2. The molecule has 0 bridgehead atoms. The lowest BCUT2D eigenvalue weighted by Gasteiger charge is -2.13. The number of rotatable bonds is 5. The van der Waals surface area contributed by atoms with Crippen LogP contribution in [0, 0.1) is 19.7 Å². The molecule has 0 saturated heterocycles. The largest absolute Gasteiger partial charge is 0.333 e. The van der Waals surface area contributed by atoms with Crippen molar-refractivity contribution in [2.45, 2.75) is 20.4 Å². The molecular formula is C23H18ClFN4O3. The minimum atomic E-state index is -0.472. The molecule has 0 aliphatic heterocycles. The predicted molar refractivity (Wildman–Crippen MR) is 119 cm³/mol. The molecule has 162 valence electrons. The van der Waals surface area contributed by atoms with Crippen molar-refractivity contribution in [3.8, 4) is 22.8 Å². The number of amides is 1. The van der Waals surface area contributed by atoms with Crippen LogP contribution in [0.2, 0.25) is 5.02 Å². The van der Waals surface area contributed by atoms with Crippen LogP contribution in [0.4, 0.5) is 10.1 Å². The molecular weight excluding hydrogens is 435 g/mol. The summed E-state index contributed by atoms with van der Waals surface area (Å²) in [5.74, 6) is -0.611. The fourth-order valence-corrected chi connectivity index (χ4v) is 3.55. The molecule has 4 aromatic rings. The smallest absolute Gasteiger partial charge is 0.264 e. The second kappa shape index (κ2) is 8.76. The fraction of sp³-hybridized carbons (Fsp3) is 0.130. The van der Waals surface area contributed by atoms with E-state index in [1.807, 2.05) is 0 Å². The van der Waals surface area contributed by atoms with Gasteiger partial charge in [0.05, 0.1) is 0 Å². The van der Waals surface area contributed by atoms with Gasteiger partial charge in [-0.25, -0.2) is 4.39 Å². The zero-order valence-electron chi connectivity index (χ0n) is 17.2. The Bertz CT molecular complexity index is 1380. The normalized spacial score (nSPS) is 10.9. The Kier molecular flexibility index (Phi) is 5.87. The van der Waals surface area contributed by atoms with E-state index in [2.05, 4.69) is 15.5 Å². The van der Waals surface area contributed by atoms with Gasteiger partial charge in [-0.1, -0.05) is 35.0 Å². The summed E-state index contributed by atoms with van der Waals surface area (Å²) in [7, 11) is 0. The Morgan fingerprint density at radius 2 is 1.94 bits per heavy atom. The molecule has 0 radical (unpaired) electrons. The van der Waals surface area contributed by atoms with Gasteiger partial charge in [-0.05, 0) is 55.8 Å². The molecule has 32 heavy (non-hydrogen) atoms. The topological polar surface area (TPSA) is 90.0 Å². The number of hydrogen-bond donors (Lipinski definition) is 1. The number of anilines is 1. The van der Waals surface area contributed by atoms with Crippen molar-refractivity contribution in [2.75, 3.05) is 5.32 Å². The lowest BCUT2D eigenvalue weighted by Crippen LogP contribution is -2.30. The number of hydrogen-bond acceptors (Lipinski definition) is 5. The van der Waals surface area contributed by atoms with Gasteiger partial charge in [0.15, 0.2) is 0 Å². The van der Waals surface area contributed by atoms with Crippen molar-refractivity contribution < 1.29 is 13.7 Å². The maximum atomic E-state index is 13.4. The van der Waals surface area contributed by atoms with Crippen LogP contribution in [0.5, 0.6) is 0 Å². The lowest BCUT2D eigenvalue weighted by molar-refractivity contribution is -0.116. The van der Waals surface area contributed by atoms with Gasteiger partial charge in [0.2, 0.25) is 11.7 Å². The van der Waals surface area contributed by atoms with Crippen LogP contribution >= 0.6 is 11.6 Å². The number of benzene rings is 2. The van der Waals surface area contributed by atoms with Crippen molar-refractivity contribution in [3.63, 3.8) is 0 Å². The molecule has 2 aromatic heterocycles. The number of halogens is 2. The summed E-state index contributed by atoms with van der Waals surface area (Å²) < 4.78 is 20.0. The molecule has 7 nitrogen and oxygen atoms in total. The van der Waals surface area contributed by atoms with Gasteiger partial charge in [0.1, 0.15) is 17.9 Å². The number of aromatic nitrogens is 3. The third-order valence-electron chi connectivity index (χ3n) is 4.84. The van der Waals surface area contributed by atoms with E-state index < -0.39 is 17.3 Å². The maximum Gasteiger partial charge on any atom is 0.264 e. The van der Waals surface area contributed by atoms with E-state index in [-0.39, 0.29) is 23.8 Å². The Labute approximate surface area is 187 Å². The highest BCUT2D eigenvalue weighted by Crippen LogP contribution is 2.24. The summed E-state index contributed by atoms with van der Waals surface area (Å²) in [6, 6.07) is 14.2. The minimum Gasteiger partial charge on any atom is -0.333 e. The van der Waals surface area contributed by atoms with E-state index in [9.17, 15) is 14.0 Å². The first-order valence-corrected chi connectivity index (χ1v) is 10.1. The van der Waals surface area contributed by atoms with Crippen LogP contribution in [-0.2, 0) is 11.3 Å². The minimum absolute atomic E-state index is 0.0433. The Morgan fingerprint density at radius 3 is 2.69 bits per heavy atom. The van der Waals surface area contributed by atoms with E-state index in [1.165, 1.54) is 22.8 Å². The number of pyridine rings is 1. The molecule has 2 heterocycles. The molecule has 1 amide bonds. The van der Waals surface area contributed by atoms with Crippen molar-refractivity contribution in [1.29, 1.82) is 0 Å². The Morgan fingerprint density at radius 1 is 1.16 bits per heavy atom. The monoisotopic (exact) mass is 452 g/mol. The van der Waals surface area contributed by atoms with Crippen LogP contribution in [0.25, 0.3) is 22.8 Å². The number of carbonyl (C=O) groups excluding carboxylic acids is 1. The summed E-state index contributed by atoms with van der Waals surface area (Å²) in [5, 5.41) is 7.06. The van der Waals surface area contributed by atoms with Gasteiger partial charge in [-0.15, -0.1) is 0 Å². The Balaban J connectivity index is 1.66. The van der Waals surface area contributed by atoms with Gasteiger partial charge in [-0.2, -0.15) is 4.98 Å². The highest BCUT2D eigenvalue weighted by molar-refractivity contribution is 6.30. The summed E-state index contributed by atoms with van der Waals surface area (Å²) in [4.78, 5) is 30.1. The van der Waals surface area contributed by atoms with Crippen molar-refractivity contribution >= 4 is 23.2 Å². The molecule has 0 atom stereocenters. The number of nitrogens with zero attached hydrogens (tertiary/aromatic N) is 3. The average molecular weight is 453 g/mol. The molecule has 0 unspecified atom stereocenters. The summed E-state index contributed by atoms with van der Waals surface area (Å²) in [5.41, 5.74) is 1.92. The van der Waals surface area contributed by atoms with Gasteiger partial charge in [0.25, 0.3) is 11.4 Å². The van der Waals surface area contributed by atoms with Crippen molar-refractivity contribution in [3.05, 3.63) is 87.0 Å². The van der Waals surface area contributed by atoms with Crippen LogP contribution < -0.4 is 10.9 Å². The maximum absolute atomic E-state index is 13.4. The van der Waals surface area contributed by atoms with Crippen LogP contribution in [0.3, 0.4) is 0 Å². The van der Waals surface area contributed by atoms with Crippen molar-refractivity contribution in [2.24, 2.45) is 0 Å². The van der Waals surface area contributed by atoms with E-state index >= 15 is 0 Å². The lowest BCUT2D eigenvalue weighted by atomic mass is 10.1. The second-order valence-corrected chi connectivity index (χ2v) is 7.66. The van der Waals surface area contributed by atoms with Gasteiger partial charge < -0.3 is 14.4 Å². The number of carbonyl (C=O) groups is 1. The summed E-state index contributed by atoms with van der Waals surface area (Å²) in [6.07, 6.45) is 0. The van der Waals surface area contributed by atoms with Crippen LogP contribution in [0.1, 0.15) is 11.3 Å². The molecule has 1 N–H and O–H groups in total. The quantitative estimate of drug-likeness (QED) is 0.477. The van der Waals surface area contributed by atoms with E-state index in [1.54, 1.807) is 50.2 Å². The molecule has 9 heteroatoms. The zero-order valence-corrected chi connectivity index (χ0v) is 18.0. The Hall–Kier alpha value is -3.78. The molecule has 0 fully saturated rings. The summed E-state index contributed by atoms with van der Waals surface area (Å²) in [6.45, 7) is 3.22. The molecule has 4 rings (SSSR count). The first kappa shape index (κ1) is 21.5. The highest BCUT2D eigenvalue weighted by Gasteiger charge is 2.20. The average Bonchev–Trinajstić information content (AvgIpc) is 3.21. The van der Waals surface area contributed by atoms with Gasteiger partial charge in [0, 0.05) is 22.0 Å². The SMILES string of the molecule is Cc1cc(C)n(CC(=O)Nc2cccc(F)c2)c(=O)c1-c1nc(-c2cccc(Cl)c2)no1. The zero-order chi connectivity index (χ0) is 22.8. The molecule has 2 aromatic carbocycles. The molecule has 0 saturated carbocycles. The third-order valence-corrected chi connectivity index (χ3v) is 5.07. The fourth-order valence-electron chi connectivity index (χ4n) is 3.36. The third kappa shape index (κ3) is 4.45. The predicted octanol–water partition coefficient (Wildman–Crippen LogP) is 4.61.